The molecular formula is C20H34O2. The maximum Gasteiger partial charge on any atom is 0.136 e. The summed E-state index contributed by atoms with van der Waals surface area (Å²) in [7, 11) is 0. The Labute approximate surface area is 136 Å². The van der Waals surface area contributed by atoms with E-state index in [0.717, 1.165) is 25.7 Å². The van der Waals surface area contributed by atoms with Crippen LogP contribution in [0.2, 0.25) is 0 Å². The summed E-state index contributed by atoms with van der Waals surface area (Å²) in [6.07, 6.45) is 7.55. The average Bonchev–Trinajstić information content (AvgIpc) is 2.47. The van der Waals surface area contributed by atoms with E-state index >= 15 is 0 Å². The molecule has 1 N–H and O–H groups in total. The zero-order valence-electron chi connectivity index (χ0n) is 15.1. The molecule has 2 rings (SSSR count). The number of ketones is 1. The zero-order valence-corrected chi connectivity index (χ0v) is 15.1. The zero-order chi connectivity index (χ0) is 16.8. The lowest BCUT2D eigenvalue weighted by Crippen LogP contribution is -2.54. The van der Waals surface area contributed by atoms with Crippen LogP contribution >= 0.6 is 0 Å². The Bertz CT molecular complexity index is 453. The summed E-state index contributed by atoms with van der Waals surface area (Å²) in [6, 6.07) is 0. The van der Waals surface area contributed by atoms with E-state index in [1.165, 1.54) is 12.8 Å². The van der Waals surface area contributed by atoms with Gasteiger partial charge < -0.3 is 5.11 Å². The molecule has 0 aromatic heterocycles. The monoisotopic (exact) mass is 306 g/mol. The van der Waals surface area contributed by atoms with Crippen molar-refractivity contribution in [2.24, 2.45) is 28.6 Å². The fraction of sp³-hybridized carbons (Fsp3) is 0.850. The lowest BCUT2D eigenvalue weighted by Gasteiger charge is -2.60. The van der Waals surface area contributed by atoms with Crippen LogP contribution < -0.4 is 0 Å². The van der Waals surface area contributed by atoms with E-state index in [9.17, 15) is 9.90 Å². The first-order chi connectivity index (χ1) is 10.1. The Morgan fingerprint density at radius 2 is 2.00 bits per heavy atom. The van der Waals surface area contributed by atoms with Gasteiger partial charge >= 0.3 is 0 Å². The molecule has 0 saturated heterocycles. The maximum atomic E-state index is 12.3. The lowest BCUT2D eigenvalue weighted by molar-refractivity contribution is -0.149. The van der Waals surface area contributed by atoms with Gasteiger partial charge in [0.05, 0.1) is 5.60 Å². The Morgan fingerprint density at radius 1 is 1.36 bits per heavy atom. The smallest absolute Gasteiger partial charge is 0.136 e. The minimum absolute atomic E-state index is 0.136. The van der Waals surface area contributed by atoms with E-state index in [1.807, 2.05) is 6.92 Å². The third-order valence-corrected chi connectivity index (χ3v) is 7.60. The summed E-state index contributed by atoms with van der Waals surface area (Å²) in [5, 5.41) is 10.3. The molecule has 6 atom stereocenters. The van der Waals surface area contributed by atoms with Crippen LogP contribution in [0.15, 0.2) is 12.7 Å². The van der Waals surface area contributed by atoms with E-state index in [1.54, 1.807) is 6.08 Å². The SMILES string of the molecule is C=C[C@](C)(O)CC[C@]1(C)[C@H]2CCC(=O)[C@@H](C)[C@]2(C)CC[C@H]1C. The van der Waals surface area contributed by atoms with Gasteiger partial charge in [-0.3, -0.25) is 4.79 Å². The predicted molar refractivity (Wildman–Crippen MR) is 91.6 cm³/mol. The van der Waals surface area contributed by atoms with Crippen molar-refractivity contribution in [3.63, 3.8) is 0 Å². The minimum atomic E-state index is -0.785. The Kier molecular flexibility index (Phi) is 4.65. The Hall–Kier alpha value is -0.630. The fourth-order valence-electron chi connectivity index (χ4n) is 5.22. The second kappa shape index (κ2) is 5.78. The normalized spacial score (nSPS) is 45.0. The molecule has 126 valence electrons. The molecule has 0 aliphatic heterocycles. The summed E-state index contributed by atoms with van der Waals surface area (Å²) < 4.78 is 0. The van der Waals surface area contributed by atoms with Gasteiger partial charge in [0.1, 0.15) is 5.78 Å². The third-order valence-electron chi connectivity index (χ3n) is 7.60. The van der Waals surface area contributed by atoms with E-state index < -0.39 is 5.60 Å². The van der Waals surface area contributed by atoms with Crippen molar-refractivity contribution in [2.45, 2.75) is 78.7 Å². The van der Waals surface area contributed by atoms with Gasteiger partial charge in [0.25, 0.3) is 0 Å². The van der Waals surface area contributed by atoms with Crippen molar-refractivity contribution in [2.75, 3.05) is 0 Å². The lowest BCUT2D eigenvalue weighted by atomic mass is 9.44. The van der Waals surface area contributed by atoms with Crippen molar-refractivity contribution < 1.29 is 9.90 Å². The first-order valence-electron chi connectivity index (χ1n) is 8.95. The highest BCUT2D eigenvalue weighted by molar-refractivity contribution is 5.82. The summed E-state index contributed by atoms with van der Waals surface area (Å²) in [5.41, 5.74) is -0.446. The van der Waals surface area contributed by atoms with Crippen molar-refractivity contribution in [1.82, 2.24) is 0 Å². The Morgan fingerprint density at radius 3 is 2.59 bits per heavy atom. The van der Waals surface area contributed by atoms with Gasteiger partial charge in [-0.05, 0) is 61.7 Å². The summed E-state index contributed by atoms with van der Waals surface area (Å²) >= 11 is 0. The molecule has 0 aromatic carbocycles. The van der Waals surface area contributed by atoms with Gasteiger partial charge in [0, 0.05) is 12.3 Å². The number of hydrogen-bond donors (Lipinski definition) is 1. The molecule has 0 aromatic rings. The number of Topliss-reactive ketones (excluding diaryl/α,β-unsaturated/α-hetero) is 1. The standard InChI is InChI=1S/C20H34O2/c1-7-18(4,22)12-13-19(5)14(2)10-11-20(6)15(3)16(21)8-9-17(19)20/h7,14-15,17,22H,1,8-13H2,2-6H3/t14-,15-,17-,18+,19+,20+/m1/s1. The maximum absolute atomic E-state index is 12.3. The topological polar surface area (TPSA) is 37.3 Å². The first-order valence-corrected chi connectivity index (χ1v) is 8.95. The second-order valence-electron chi connectivity index (χ2n) is 8.79. The number of carbonyl (C=O) groups excluding carboxylic acids is 1. The van der Waals surface area contributed by atoms with Crippen LogP contribution in [0.25, 0.3) is 0 Å². The largest absolute Gasteiger partial charge is 0.386 e. The van der Waals surface area contributed by atoms with Crippen molar-refractivity contribution in [3.8, 4) is 0 Å². The van der Waals surface area contributed by atoms with E-state index in [4.69, 9.17) is 0 Å². The van der Waals surface area contributed by atoms with Crippen molar-refractivity contribution in [1.29, 1.82) is 0 Å². The summed E-state index contributed by atoms with van der Waals surface area (Å²) in [6.45, 7) is 14.9. The van der Waals surface area contributed by atoms with Crippen molar-refractivity contribution in [3.05, 3.63) is 12.7 Å². The van der Waals surface area contributed by atoms with Gasteiger partial charge in [0.15, 0.2) is 0 Å². The molecule has 0 radical (unpaired) electrons. The van der Waals surface area contributed by atoms with Crippen LogP contribution in [0.4, 0.5) is 0 Å². The van der Waals surface area contributed by atoms with Crippen molar-refractivity contribution >= 4 is 5.78 Å². The molecular weight excluding hydrogens is 272 g/mol. The van der Waals surface area contributed by atoms with Gasteiger partial charge in [-0.2, -0.15) is 0 Å². The van der Waals surface area contributed by atoms with E-state index in [0.29, 0.717) is 17.6 Å². The molecule has 0 bridgehead atoms. The molecule has 2 nitrogen and oxygen atoms in total. The molecule has 2 saturated carbocycles. The molecule has 2 aliphatic carbocycles. The predicted octanol–water partition coefficient (Wildman–Crippen LogP) is 4.76. The quantitative estimate of drug-likeness (QED) is 0.760. The van der Waals surface area contributed by atoms with Gasteiger partial charge in [-0.25, -0.2) is 0 Å². The minimum Gasteiger partial charge on any atom is -0.386 e. The molecule has 22 heavy (non-hydrogen) atoms. The highest BCUT2D eigenvalue weighted by atomic mass is 16.3. The van der Waals surface area contributed by atoms with E-state index in [-0.39, 0.29) is 16.7 Å². The van der Waals surface area contributed by atoms with Gasteiger partial charge in [0.2, 0.25) is 0 Å². The van der Waals surface area contributed by atoms with E-state index in [2.05, 4.69) is 34.3 Å². The van der Waals surface area contributed by atoms with Crippen LogP contribution in [0, 0.1) is 28.6 Å². The molecule has 2 fully saturated rings. The third kappa shape index (κ3) is 2.79. The number of fused-ring (bicyclic) bond motifs is 1. The van der Waals surface area contributed by atoms with Gasteiger partial charge in [-0.1, -0.05) is 33.8 Å². The van der Waals surface area contributed by atoms with Crippen LogP contribution in [-0.4, -0.2) is 16.5 Å². The molecule has 2 heteroatoms. The highest BCUT2D eigenvalue weighted by Gasteiger charge is 2.56. The average molecular weight is 306 g/mol. The number of rotatable bonds is 4. The number of hydrogen-bond acceptors (Lipinski definition) is 2. The van der Waals surface area contributed by atoms with Crippen LogP contribution in [0.3, 0.4) is 0 Å². The second-order valence-corrected chi connectivity index (χ2v) is 8.79. The number of carbonyl (C=O) groups is 1. The highest BCUT2D eigenvalue weighted by Crippen LogP contribution is 2.62. The fourth-order valence-corrected chi connectivity index (χ4v) is 5.22. The molecule has 2 aliphatic rings. The van der Waals surface area contributed by atoms with Crippen LogP contribution in [0.5, 0.6) is 0 Å². The first kappa shape index (κ1) is 17.7. The van der Waals surface area contributed by atoms with Gasteiger partial charge in [-0.15, -0.1) is 6.58 Å². The molecule has 0 heterocycles. The summed E-state index contributed by atoms with van der Waals surface area (Å²) in [5.74, 6) is 1.86. The molecule has 0 spiro atoms. The molecule has 0 amide bonds. The number of aliphatic hydroxyl groups is 1. The molecule has 0 unspecified atom stereocenters. The summed E-state index contributed by atoms with van der Waals surface area (Å²) in [4.78, 5) is 12.3. The van der Waals surface area contributed by atoms with Crippen LogP contribution in [-0.2, 0) is 4.79 Å². The Balaban J connectivity index is 2.28. The van der Waals surface area contributed by atoms with Crippen LogP contribution in [0.1, 0.15) is 73.1 Å².